The van der Waals surface area contributed by atoms with E-state index in [4.69, 9.17) is 4.74 Å². The molecule has 0 unspecified atom stereocenters. The average Bonchev–Trinajstić information content (AvgIpc) is 2.05. The fraction of sp³-hybridized carbons (Fsp3) is 0.111. The third-order valence-corrected chi connectivity index (χ3v) is 1.60. The quantitative estimate of drug-likeness (QED) is 0.635. The Kier molecular flexibility index (Phi) is 39.8. The van der Waals surface area contributed by atoms with E-state index in [9.17, 15) is 0 Å². The Bertz CT molecular complexity index is 261. The molecule has 1 aromatic carbocycles. The molecule has 0 atom stereocenters. The number of rotatable bonds is 0. The van der Waals surface area contributed by atoms with Crippen LogP contribution in [0.25, 0.3) is 0 Å². The van der Waals surface area contributed by atoms with Crippen LogP contribution in [0.4, 0.5) is 0 Å². The summed E-state index contributed by atoms with van der Waals surface area (Å²) in [7, 11) is 0. The van der Waals surface area contributed by atoms with Gasteiger partial charge < -0.3 is 26.6 Å². The summed E-state index contributed by atoms with van der Waals surface area (Å²) in [4.78, 5) is 0. The number of ether oxygens (including phenoxy) is 1. The summed E-state index contributed by atoms with van der Waals surface area (Å²) in [5, 5.41) is 0. The maximum Gasteiger partial charge on any atom is 4.00 e. The third-order valence-electron chi connectivity index (χ3n) is 1.60. The maximum absolute atomic E-state index is 5.24. The van der Waals surface area contributed by atoms with Crippen LogP contribution in [0.5, 0.6) is 5.75 Å². The topological polar surface area (TPSA) is 123 Å². The standard InChI is InChI=1S/C9H8O.Co.4O.Ti.Zn/c1-2-6-9-8(4-1)5-3-7-10-9;;;;;;;/h1-4,6-7H,5H2;;;;;;;/q;+2;4*-2;+4;+2. The van der Waals surface area contributed by atoms with Gasteiger partial charge in [0.1, 0.15) is 5.75 Å². The summed E-state index contributed by atoms with van der Waals surface area (Å²) in [5.74, 6) is 0.991. The predicted octanol–water partition coefficient (Wildman–Crippen LogP) is 1.65. The number of para-hydroxylation sites is 1. The summed E-state index contributed by atoms with van der Waals surface area (Å²) in [5.41, 5.74) is 1.27. The molecule has 0 bridgehead atoms. The zero-order chi connectivity index (χ0) is 6.81. The second-order valence-corrected chi connectivity index (χ2v) is 2.30. The molecule has 0 fully saturated rings. The second kappa shape index (κ2) is 18.8. The molecule has 0 aromatic heterocycles. The number of fused-ring (bicyclic) bond motifs is 1. The van der Waals surface area contributed by atoms with Crippen LogP contribution in [0, 0.1) is 0 Å². The van der Waals surface area contributed by atoms with Gasteiger partial charge in [-0.05, 0) is 24.1 Å². The molecule has 0 saturated carbocycles. The van der Waals surface area contributed by atoms with Gasteiger partial charge in [0.05, 0.1) is 6.26 Å². The normalized spacial score (nSPS) is 8.24. The zero-order valence-electron chi connectivity index (χ0n) is 8.75. The van der Waals surface area contributed by atoms with Crippen molar-refractivity contribution in [3.8, 4) is 5.75 Å². The van der Waals surface area contributed by atoms with Crippen LogP contribution in [0.15, 0.2) is 36.6 Å². The molecule has 17 heavy (non-hydrogen) atoms. The smallest absolute Gasteiger partial charge is 2.00 e. The van der Waals surface area contributed by atoms with E-state index in [1.54, 1.807) is 6.26 Å². The summed E-state index contributed by atoms with van der Waals surface area (Å²) >= 11 is 0. The number of hydrogen-bond acceptors (Lipinski definition) is 1. The van der Waals surface area contributed by atoms with Crippen molar-refractivity contribution in [3.63, 3.8) is 0 Å². The van der Waals surface area contributed by atoms with Crippen LogP contribution in [-0.4, -0.2) is 0 Å². The third kappa shape index (κ3) is 10.1. The van der Waals surface area contributed by atoms with E-state index in [0.29, 0.717) is 0 Å². The van der Waals surface area contributed by atoms with E-state index in [1.807, 2.05) is 24.3 Å². The van der Waals surface area contributed by atoms with Gasteiger partial charge >= 0.3 is 58.0 Å². The molecule has 2 rings (SSSR count). The minimum Gasteiger partial charge on any atom is -2.00 e. The van der Waals surface area contributed by atoms with Gasteiger partial charge in [0.25, 0.3) is 0 Å². The van der Waals surface area contributed by atoms with Crippen molar-refractivity contribution >= 4 is 0 Å². The van der Waals surface area contributed by atoms with E-state index in [2.05, 4.69) is 6.07 Å². The van der Waals surface area contributed by atoms with Crippen molar-refractivity contribution in [3.05, 3.63) is 42.2 Å². The molecule has 0 aliphatic carbocycles. The van der Waals surface area contributed by atoms with E-state index < -0.39 is 0 Å². The zero-order valence-corrected chi connectivity index (χ0v) is 14.3. The number of hydrogen-bond donors (Lipinski definition) is 0. The minimum absolute atomic E-state index is 0. The van der Waals surface area contributed by atoms with Gasteiger partial charge in [-0.15, -0.1) is 0 Å². The maximum atomic E-state index is 5.24. The molecular weight excluding hydrogens is 360 g/mol. The fourth-order valence-electron chi connectivity index (χ4n) is 1.08. The Morgan fingerprint density at radius 2 is 1.47 bits per heavy atom. The molecule has 0 spiro atoms. The van der Waals surface area contributed by atoms with Crippen LogP contribution in [0.2, 0.25) is 0 Å². The first-order valence-corrected chi connectivity index (χ1v) is 3.36. The van der Waals surface area contributed by atoms with Crippen LogP contribution in [0.3, 0.4) is 0 Å². The van der Waals surface area contributed by atoms with E-state index in [0.717, 1.165) is 12.2 Å². The Labute approximate surface area is 138 Å². The van der Waals surface area contributed by atoms with Crippen molar-refractivity contribution < 1.29 is 84.6 Å². The molecule has 1 aliphatic rings. The molecule has 89 valence electrons. The largest absolute Gasteiger partial charge is 4.00 e. The summed E-state index contributed by atoms with van der Waals surface area (Å²) < 4.78 is 5.24. The van der Waals surface area contributed by atoms with Crippen molar-refractivity contribution in [2.75, 3.05) is 0 Å². The molecule has 1 heterocycles. The first-order valence-electron chi connectivity index (χ1n) is 3.36. The Morgan fingerprint density at radius 3 is 2.00 bits per heavy atom. The van der Waals surface area contributed by atoms with Gasteiger partial charge in [0, 0.05) is 0 Å². The molecule has 5 nitrogen and oxygen atoms in total. The predicted molar refractivity (Wildman–Crippen MR) is 42.7 cm³/mol. The summed E-state index contributed by atoms with van der Waals surface area (Å²) in [6, 6.07) is 8.08. The van der Waals surface area contributed by atoms with Gasteiger partial charge in [-0.3, -0.25) is 0 Å². The molecular formula is C9H8CoO5TiZn. The molecule has 0 N–H and O–H groups in total. The SMILES string of the molecule is C1=COc2ccccc2C1.[Co+2].[O-2].[O-2].[O-2].[O-2].[Ti+4].[Zn+2]. The van der Waals surface area contributed by atoms with E-state index in [-0.39, 0.29) is 79.9 Å². The summed E-state index contributed by atoms with van der Waals surface area (Å²) in [6.45, 7) is 0. The van der Waals surface area contributed by atoms with Crippen molar-refractivity contribution in [1.29, 1.82) is 0 Å². The molecule has 1 aliphatic heterocycles. The molecule has 8 heteroatoms. The summed E-state index contributed by atoms with van der Waals surface area (Å²) in [6.07, 6.45) is 4.75. The van der Waals surface area contributed by atoms with Crippen LogP contribution in [-0.2, 0) is 86.3 Å². The number of allylic oxidation sites excluding steroid dienone is 1. The van der Waals surface area contributed by atoms with Gasteiger partial charge in [-0.1, -0.05) is 18.2 Å². The van der Waals surface area contributed by atoms with Crippen LogP contribution < -0.4 is 4.74 Å². The first-order chi connectivity index (χ1) is 4.97. The minimum atomic E-state index is 0. The van der Waals surface area contributed by atoms with Crippen LogP contribution in [0.1, 0.15) is 5.56 Å². The van der Waals surface area contributed by atoms with Crippen molar-refractivity contribution in [1.82, 2.24) is 0 Å². The number of benzene rings is 1. The fourth-order valence-corrected chi connectivity index (χ4v) is 1.08. The first kappa shape index (κ1) is 36.0. The molecule has 1 radical (unpaired) electrons. The molecule has 0 amide bonds. The Balaban J connectivity index is -0.0000000432. The monoisotopic (exact) mass is 367 g/mol. The van der Waals surface area contributed by atoms with E-state index >= 15 is 0 Å². The van der Waals surface area contributed by atoms with Gasteiger partial charge in [-0.25, -0.2) is 0 Å². The van der Waals surface area contributed by atoms with E-state index in [1.165, 1.54) is 5.56 Å². The molecule has 0 saturated heterocycles. The van der Waals surface area contributed by atoms with Crippen LogP contribution >= 0.6 is 0 Å². The van der Waals surface area contributed by atoms with Gasteiger partial charge in [-0.2, -0.15) is 0 Å². The Hall–Kier alpha value is 0.444. The Morgan fingerprint density at radius 1 is 0.941 bits per heavy atom. The van der Waals surface area contributed by atoms with Gasteiger partial charge in [0.15, 0.2) is 0 Å². The molecule has 1 aromatic rings. The van der Waals surface area contributed by atoms with Gasteiger partial charge in [0.2, 0.25) is 0 Å². The average molecular weight is 368 g/mol. The van der Waals surface area contributed by atoms with Crippen molar-refractivity contribution in [2.45, 2.75) is 6.42 Å². The second-order valence-electron chi connectivity index (χ2n) is 2.30. The van der Waals surface area contributed by atoms with Crippen molar-refractivity contribution in [2.24, 2.45) is 0 Å².